The summed E-state index contributed by atoms with van der Waals surface area (Å²) in [6.07, 6.45) is 2.79. The van der Waals surface area contributed by atoms with E-state index < -0.39 is 0 Å². The van der Waals surface area contributed by atoms with Gasteiger partial charge in [0.15, 0.2) is 5.65 Å². The third-order valence-electron chi connectivity index (χ3n) is 6.44. The Morgan fingerprint density at radius 2 is 1.95 bits per heavy atom. The zero-order chi connectivity index (χ0) is 26.2. The number of hydrogen-bond donors (Lipinski definition) is 2. The zero-order valence-corrected chi connectivity index (χ0v) is 22.5. The zero-order valence-electron chi connectivity index (χ0n) is 21.7. The van der Waals surface area contributed by atoms with Crippen LogP contribution in [0.1, 0.15) is 18.9 Å². The minimum atomic E-state index is 0.332. The van der Waals surface area contributed by atoms with Gasteiger partial charge < -0.3 is 20.1 Å². The molecule has 1 aliphatic rings. The summed E-state index contributed by atoms with van der Waals surface area (Å²) in [6.45, 7) is 8.89. The first-order chi connectivity index (χ1) is 18.7. The van der Waals surface area contributed by atoms with Crippen LogP contribution in [0.2, 0.25) is 5.02 Å². The monoisotopic (exact) mass is 535 g/mol. The number of fused-ring (bicyclic) bond motifs is 1. The maximum absolute atomic E-state index is 6.33. The molecule has 0 atom stereocenters. The molecule has 4 aromatic rings. The fourth-order valence-electron chi connectivity index (χ4n) is 4.41. The van der Waals surface area contributed by atoms with Gasteiger partial charge in [0.05, 0.1) is 18.6 Å². The molecule has 3 heterocycles. The molecular weight excluding hydrogens is 502 g/mol. The minimum Gasteiger partial charge on any atom is -0.381 e. The van der Waals surface area contributed by atoms with Crippen molar-refractivity contribution in [2.75, 3.05) is 56.6 Å². The van der Waals surface area contributed by atoms with Crippen LogP contribution in [0, 0.1) is 0 Å². The maximum Gasteiger partial charge on any atom is 0.224 e. The van der Waals surface area contributed by atoms with Gasteiger partial charge in [0, 0.05) is 61.8 Å². The van der Waals surface area contributed by atoms with Crippen LogP contribution in [0.25, 0.3) is 22.3 Å². The molecule has 2 N–H and O–H groups in total. The van der Waals surface area contributed by atoms with Crippen LogP contribution < -0.4 is 10.6 Å². The molecule has 1 saturated heterocycles. The number of rotatable bonds is 12. The number of hydrogen-bond acceptors (Lipinski definition) is 8. The van der Waals surface area contributed by atoms with Crippen molar-refractivity contribution < 1.29 is 9.47 Å². The third-order valence-corrected chi connectivity index (χ3v) is 6.81. The summed E-state index contributed by atoms with van der Waals surface area (Å²) < 4.78 is 13.1. The summed E-state index contributed by atoms with van der Waals surface area (Å²) in [4.78, 5) is 11.8. The standard InChI is InChI=1S/C28H34ClN7O2/c1-2-14-38-20-36-27-24(19-32-28(33-27)30-10-11-35-12-15-37-16-13-35)26(34-36)21-7-5-8-23(17-21)31-18-22-6-3-4-9-25(22)29/h3-9,17,19,31H,2,10-16,18,20H2,1H3,(H,30,32,33). The Bertz CT molecular complexity index is 1340. The molecule has 1 fully saturated rings. The van der Waals surface area contributed by atoms with Crippen molar-refractivity contribution in [1.82, 2.24) is 24.6 Å². The molecule has 5 rings (SSSR count). The number of benzene rings is 2. The lowest BCUT2D eigenvalue weighted by molar-refractivity contribution is 0.0398. The summed E-state index contributed by atoms with van der Waals surface area (Å²) in [5.74, 6) is 0.587. The van der Waals surface area contributed by atoms with E-state index in [0.29, 0.717) is 25.8 Å². The van der Waals surface area contributed by atoms with Crippen LogP contribution in [0.3, 0.4) is 0 Å². The maximum atomic E-state index is 6.33. The fourth-order valence-corrected chi connectivity index (χ4v) is 4.61. The van der Waals surface area contributed by atoms with Gasteiger partial charge in [-0.1, -0.05) is 48.9 Å². The molecular formula is C28H34ClN7O2. The molecule has 0 unspecified atom stereocenters. The van der Waals surface area contributed by atoms with Crippen LogP contribution >= 0.6 is 11.6 Å². The molecule has 0 amide bonds. The molecule has 10 heteroatoms. The van der Waals surface area contributed by atoms with Crippen molar-refractivity contribution >= 4 is 34.3 Å². The second-order valence-corrected chi connectivity index (χ2v) is 9.63. The van der Waals surface area contributed by atoms with E-state index in [0.717, 1.165) is 84.4 Å². The highest BCUT2D eigenvalue weighted by molar-refractivity contribution is 6.31. The van der Waals surface area contributed by atoms with Gasteiger partial charge >= 0.3 is 0 Å². The first-order valence-electron chi connectivity index (χ1n) is 13.1. The lowest BCUT2D eigenvalue weighted by Crippen LogP contribution is -2.39. The Balaban J connectivity index is 1.35. The number of aromatic nitrogens is 4. The fraction of sp³-hybridized carbons (Fsp3) is 0.393. The van der Waals surface area contributed by atoms with Gasteiger partial charge in [0.2, 0.25) is 5.95 Å². The Hall–Kier alpha value is -3.24. The lowest BCUT2D eigenvalue weighted by atomic mass is 10.1. The molecule has 0 spiro atoms. The van der Waals surface area contributed by atoms with E-state index in [4.69, 9.17) is 31.2 Å². The van der Waals surface area contributed by atoms with Gasteiger partial charge in [0.1, 0.15) is 12.4 Å². The number of nitrogens with one attached hydrogen (secondary N) is 2. The number of ether oxygens (including phenoxy) is 2. The quantitative estimate of drug-likeness (QED) is 0.248. The van der Waals surface area contributed by atoms with Crippen molar-refractivity contribution in [3.05, 3.63) is 65.3 Å². The SMILES string of the molecule is CCCOCn1nc(-c2cccc(NCc3ccccc3Cl)c2)c2cnc(NCCN3CCOCC3)nc21. The summed E-state index contributed by atoms with van der Waals surface area (Å²) >= 11 is 6.33. The van der Waals surface area contributed by atoms with Crippen molar-refractivity contribution in [2.45, 2.75) is 26.6 Å². The molecule has 0 saturated carbocycles. The summed E-state index contributed by atoms with van der Waals surface area (Å²) in [7, 11) is 0. The molecule has 2 aromatic carbocycles. The first kappa shape index (κ1) is 26.4. The Morgan fingerprint density at radius 3 is 2.79 bits per heavy atom. The van der Waals surface area contributed by atoms with E-state index in [-0.39, 0.29) is 0 Å². The van der Waals surface area contributed by atoms with Gasteiger partial charge in [-0.15, -0.1) is 0 Å². The number of nitrogens with zero attached hydrogens (tertiary/aromatic N) is 5. The van der Waals surface area contributed by atoms with E-state index >= 15 is 0 Å². The van der Waals surface area contributed by atoms with Crippen LogP contribution in [0.5, 0.6) is 0 Å². The molecule has 9 nitrogen and oxygen atoms in total. The van der Waals surface area contributed by atoms with Crippen LogP contribution in [-0.4, -0.2) is 70.6 Å². The van der Waals surface area contributed by atoms with Crippen LogP contribution in [-0.2, 0) is 22.7 Å². The third kappa shape index (κ3) is 6.60. The number of morpholine rings is 1. The van der Waals surface area contributed by atoms with Gasteiger partial charge in [0.25, 0.3) is 0 Å². The molecule has 38 heavy (non-hydrogen) atoms. The van der Waals surface area contributed by atoms with Crippen molar-refractivity contribution in [2.24, 2.45) is 0 Å². The highest BCUT2D eigenvalue weighted by atomic mass is 35.5. The summed E-state index contributed by atoms with van der Waals surface area (Å²) in [5.41, 5.74) is 4.57. The average molecular weight is 536 g/mol. The van der Waals surface area contributed by atoms with Crippen LogP contribution in [0.15, 0.2) is 54.7 Å². The number of halogens is 1. The van der Waals surface area contributed by atoms with E-state index in [1.54, 1.807) is 0 Å². The molecule has 2 aromatic heterocycles. The number of anilines is 2. The van der Waals surface area contributed by atoms with Crippen LogP contribution in [0.4, 0.5) is 11.6 Å². The van der Waals surface area contributed by atoms with Crippen molar-refractivity contribution in [3.63, 3.8) is 0 Å². The highest BCUT2D eigenvalue weighted by Gasteiger charge is 2.16. The van der Waals surface area contributed by atoms with Gasteiger partial charge in [-0.3, -0.25) is 4.90 Å². The first-order valence-corrected chi connectivity index (χ1v) is 13.5. The molecule has 0 radical (unpaired) electrons. The van der Waals surface area contributed by atoms with Gasteiger partial charge in [-0.05, 0) is 30.2 Å². The van der Waals surface area contributed by atoms with Crippen molar-refractivity contribution in [3.8, 4) is 11.3 Å². The predicted octanol–water partition coefficient (Wildman–Crippen LogP) is 4.89. The minimum absolute atomic E-state index is 0.332. The van der Waals surface area contributed by atoms with E-state index in [9.17, 15) is 0 Å². The van der Waals surface area contributed by atoms with Gasteiger partial charge in [-0.2, -0.15) is 10.1 Å². The predicted molar refractivity (Wildman–Crippen MR) is 152 cm³/mol. The van der Waals surface area contributed by atoms with E-state index in [1.807, 2.05) is 53.3 Å². The molecule has 200 valence electrons. The molecule has 0 bridgehead atoms. The van der Waals surface area contributed by atoms with Gasteiger partial charge in [-0.25, -0.2) is 9.67 Å². The Labute approximate surface area is 228 Å². The summed E-state index contributed by atoms with van der Waals surface area (Å²) in [5, 5.41) is 13.4. The summed E-state index contributed by atoms with van der Waals surface area (Å²) in [6, 6.07) is 16.0. The second-order valence-electron chi connectivity index (χ2n) is 9.22. The topological polar surface area (TPSA) is 89.4 Å². The highest BCUT2D eigenvalue weighted by Crippen LogP contribution is 2.29. The Morgan fingerprint density at radius 1 is 1.08 bits per heavy atom. The molecule has 1 aliphatic heterocycles. The molecule has 0 aliphatic carbocycles. The van der Waals surface area contributed by atoms with E-state index in [2.05, 4.69) is 33.5 Å². The Kier molecular flexibility index (Phi) is 9.03. The van der Waals surface area contributed by atoms with E-state index in [1.165, 1.54) is 0 Å². The van der Waals surface area contributed by atoms with Crippen molar-refractivity contribution in [1.29, 1.82) is 0 Å². The second kappa shape index (κ2) is 13.0. The smallest absolute Gasteiger partial charge is 0.224 e. The average Bonchev–Trinajstić information content (AvgIpc) is 3.31. The lowest BCUT2D eigenvalue weighted by Gasteiger charge is -2.26. The normalized spacial score (nSPS) is 14.2. The largest absolute Gasteiger partial charge is 0.381 e.